The molecule has 3 aromatic heterocycles. The molecule has 3 rings (SSSR count). The van der Waals surface area contributed by atoms with Gasteiger partial charge in [-0.1, -0.05) is 0 Å². The molecule has 0 aliphatic heterocycles. The Morgan fingerprint density at radius 1 is 1.24 bits per heavy atom. The molecule has 1 amide bonds. The molecule has 10 nitrogen and oxygen atoms in total. The summed E-state index contributed by atoms with van der Waals surface area (Å²) in [6.07, 6.45) is 5.72. The fourth-order valence-corrected chi connectivity index (χ4v) is 2.29. The summed E-state index contributed by atoms with van der Waals surface area (Å²) in [5.41, 5.74) is 3.90. The van der Waals surface area contributed by atoms with E-state index >= 15 is 0 Å². The van der Waals surface area contributed by atoms with Gasteiger partial charge in [-0.15, -0.1) is 0 Å². The van der Waals surface area contributed by atoms with Crippen LogP contribution in [0.5, 0.6) is 17.5 Å². The van der Waals surface area contributed by atoms with Gasteiger partial charge in [0.1, 0.15) is 11.4 Å². The molecular weight excluding hydrogens is 376 g/mol. The van der Waals surface area contributed by atoms with E-state index in [1.165, 1.54) is 31.8 Å². The highest BCUT2D eigenvalue weighted by Crippen LogP contribution is 2.18. The van der Waals surface area contributed by atoms with Crippen molar-refractivity contribution in [2.24, 2.45) is 5.10 Å². The van der Waals surface area contributed by atoms with Crippen LogP contribution in [0.2, 0.25) is 0 Å². The first-order chi connectivity index (χ1) is 14.1. The summed E-state index contributed by atoms with van der Waals surface area (Å²) in [6, 6.07) is 6.40. The van der Waals surface area contributed by atoms with Crippen molar-refractivity contribution in [1.82, 2.24) is 25.4 Å². The molecular formula is C19H18N6O4. The van der Waals surface area contributed by atoms with Crippen molar-refractivity contribution in [3.63, 3.8) is 0 Å². The Hall–Kier alpha value is -4.08. The van der Waals surface area contributed by atoms with Crippen LogP contribution >= 0.6 is 0 Å². The van der Waals surface area contributed by atoms with Crippen LogP contribution in [0.4, 0.5) is 0 Å². The second-order valence-electron chi connectivity index (χ2n) is 5.60. The van der Waals surface area contributed by atoms with Gasteiger partial charge in [0.2, 0.25) is 11.8 Å². The maximum Gasteiger partial charge on any atom is 0.291 e. The maximum absolute atomic E-state index is 12.3. The second-order valence-corrected chi connectivity index (χ2v) is 5.60. The first-order valence-electron chi connectivity index (χ1n) is 8.58. The van der Waals surface area contributed by atoms with Gasteiger partial charge in [-0.2, -0.15) is 5.10 Å². The minimum atomic E-state index is -0.554. The maximum atomic E-state index is 12.3. The van der Waals surface area contributed by atoms with Crippen molar-refractivity contribution in [2.75, 3.05) is 13.7 Å². The van der Waals surface area contributed by atoms with E-state index in [0.29, 0.717) is 35.2 Å². The molecule has 0 saturated heterocycles. The molecule has 3 aromatic rings. The summed E-state index contributed by atoms with van der Waals surface area (Å²) >= 11 is 0. The Morgan fingerprint density at radius 3 is 2.83 bits per heavy atom. The predicted octanol–water partition coefficient (Wildman–Crippen LogP) is 1.81. The summed E-state index contributed by atoms with van der Waals surface area (Å²) in [7, 11) is 1.46. The summed E-state index contributed by atoms with van der Waals surface area (Å²) in [5.74, 6) is 0.138. The number of aromatic nitrogens is 4. The van der Waals surface area contributed by atoms with Crippen LogP contribution < -0.4 is 14.9 Å². The van der Waals surface area contributed by atoms with Crippen LogP contribution in [0.1, 0.15) is 23.1 Å². The zero-order valence-corrected chi connectivity index (χ0v) is 15.7. The molecule has 10 heteroatoms. The monoisotopic (exact) mass is 394 g/mol. The molecule has 0 atom stereocenters. The number of hydrazone groups is 1. The Labute approximate surface area is 166 Å². The topological polar surface area (TPSA) is 132 Å². The molecule has 0 bridgehead atoms. The summed E-state index contributed by atoms with van der Waals surface area (Å²) in [6.45, 7) is 2.39. The van der Waals surface area contributed by atoms with E-state index in [-0.39, 0.29) is 11.6 Å². The molecule has 0 aliphatic rings. The van der Waals surface area contributed by atoms with Gasteiger partial charge in [0.15, 0.2) is 0 Å². The summed E-state index contributed by atoms with van der Waals surface area (Å²) in [4.78, 5) is 28.6. The lowest BCUT2D eigenvalue weighted by Crippen LogP contribution is -2.19. The van der Waals surface area contributed by atoms with Gasteiger partial charge in [0.25, 0.3) is 5.91 Å². The molecule has 0 saturated carbocycles. The van der Waals surface area contributed by atoms with Gasteiger partial charge >= 0.3 is 0 Å². The van der Waals surface area contributed by atoms with E-state index < -0.39 is 5.91 Å². The number of hydrogen-bond acceptors (Lipinski definition) is 9. The number of nitrogens with one attached hydrogen (secondary N) is 1. The third-order valence-electron chi connectivity index (χ3n) is 3.60. The zero-order chi connectivity index (χ0) is 20.6. The van der Waals surface area contributed by atoms with Gasteiger partial charge in [-0.05, 0) is 13.0 Å². The lowest BCUT2D eigenvalue weighted by Gasteiger charge is -2.05. The second kappa shape index (κ2) is 9.22. The normalized spacial score (nSPS) is 10.7. The number of pyridine rings is 2. The first-order valence-corrected chi connectivity index (χ1v) is 8.58. The quantitative estimate of drug-likeness (QED) is 0.458. The molecule has 0 radical (unpaired) electrons. The molecule has 0 fully saturated rings. The van der Waals surface area contributed by atoms with Crippen LogP contribution in [0, 0.1) is 0 Å². The number of nitrogens with zero attached hydrogens (tertiary/aromatic N) is 5. The van der Waals surface area contributed by atoms with Crippen molar-refractivity contribution >= 4 is 12.1 Å². The number of carbonyl (C=O) groups is 1. The van der Waals surface area contributed by atoms with Crippen molar-refractivity contribution in [2.45, 2.75) is 6.92 Å². The number of aromatic hydroxyl groups is 1. The smallest absolute Gasteiger partial charge is 0.291 e. The van der Waals surface area contributed by atoms with Crippen LogP contribution in [0.3, 0.4) is 0 Å². The van der Waals surface area contributed by atoms with Gasteiger partial charge in [0.05, 0.1) is 43.7 Å². The van der Waals surface area contributed by atoms with Crippen molar-refractivity contribution in [3.05, 3.63) is 54.2 Å². The van der Waals surface area contributed by atoms with Crippen molar-refractivity contribution in [1.29, 1.82) is 0 Å². The first kappa shape index (κ1) is 19.7. The lowest BCUT2D eigenvalue weighted by molar-refractivity contribution is 0.0950. The number of hydrogen-bond donors (Lipinski definition) is 2. The third kappa shape index (κ3) is 5.22. The number of rotatable bonds is 7. The SMILES string of the molecule is CCOc1ccc(-c2cncc(C(=O)N/N=C/c3cc(OC)cc(O)n3)n2)cn1. The molecule has 0 aromatic carbocycles. The minimum absolute atomic E-state index is 0.0787. The highest BCUT2D eigenvalue weighted by Gasteiger charge is 2.10. The Bertz CT molecular complexity index is 1020. The molecule has 29 heavy (non-hydrogen) atoms. The van der Waals surface area contributed by atoms with E-state index in [1.807, 2.05) is 6.92 Å². The molecule has 0 spiro atoms. The van der Waals surface area contributed by atoms with E-state index in [4.69, 9.17) is 9.47 Å². The molecule has 148 valence electrons. The highest BCUT2D eigenvalue weighted by atomic mass is 16.5. The molecule has 0 aliphatic carbocycles. The Kier molecular flexibility index (Phi) is 6.25. The van der Waals surface area contributed by atoms with Crippen molar-refractivity contribution in [3.8, 4) is 28.8 Å². The van der Waals surface area contributed by atoms with E-state index in [2.05, 4.69) is 30.5 Å². The largest absolute Gasteiger partial charge is 0.496 e. The predicted molar refractivity (Wildman–Crippen MR) is 104 cm³/mol. The molecule has 2 N–H and O–H groups in total. The van der Waals surface area contributed by atoms with E-state index in [9.17, 15) is 9.90 Å². The molecule has 3 heterocycles. The lowest BCUT2D eigenvalue weighted by atomic mass is 10.2. The number of carbonyl (C=O) groups excluding carboxylic acids is 1. The standard InChI is InChI=1S/C19H18N6O4/c1-3-29-18-5-4-12(8-21-18)15-10-20-11-16(24-15)19(27)25-22-9-13-6-14(28-2)7-17(26)23-13/h4-11H,3H2,1-2H3,(H,23,26)(H,25,27)/b22-9+. The van der Waals surface area contributed by atoms with Gasteiger partial charge in [-0.3, -0.25) is 9.78 Å². The molecule has 0 unspecified atom stereocenters. The fourth-order valence-electron chi connectivity index (χ4n) is 2.29. The third-order valence-corrected chi connectivity index (χ3v) is 3.60. The van der Waals surface area contributed by atoms with Crippen LogP contribution in [0.15, 0.2) is 48.0 Å². The zero-order valence-electron chi connectivity index (χ0n) is 15.7. The number of methoxy groups -OCH3 is 1. The van der Waals surface area contributed by atoms with Crippen LogP contribution in [0.25, 0.3) is 11.3 Å². The average Bonchev–Trinajstić information content (AvgIpc) is 2.74. The number of ether oxygens (including phenoxy) is 2. The van der Waals surface area contributed by atoms with E-state index in [1.54, 1.807) is 24.4 Å². The average molecular weight is 394 g/mol. The van der Waals surface area contributed by atoms with Gasteiger partial charge in [0, 0.05) is 30.0 Å². The van der Waals surface area contributed by atoms with Gasteiger partial charge in [-0.25, -0.2) is 20.4 Å². The minimum Gasteiger partial charge on any atom is -0.496 e. The fraction of sp³-hybridized carbons (Fsp3) is 0.158. The summed E-state index contributed by atoms with van der Waals surface area (Å²) in [5, 5.41) is 13.3. The van der Waals surface area contributed by atoms with Crippen LogP contribution in [-0.4, -0.2) is 50.9 Å². The van der Waals surface area contributed by atoms with Crippen LogP contribution in [-0.2, 0) is 0 Å². The van der Waals surface area contributed by atoms with Crippen molar-refractivity contribution < 1.29 is 19.4 Å². The number of amides is 1. The summed E-state index contributed by atoms with van der Waals surface area (Å²) < 4.78 is 10.3. The van der Waals surface area contributed by atoms with E-state index in [0.717, 1.165) is 0 Å². The Balaban J connectivity index is 1.70. The highest BCUT2D eigenvalue weighted by molar-refractivity contribution is 5.93. The Morgan fingerprint density at radius 2 is 2.10 bits per heavy atom. The van der Waals surface area contributed by atoms with Gasteiger partial charge < -0.3 is 14.6 Å².